The fourth-order valence-corrected chi connectivity index (χ4v) is 2.08. The highest BCUT2D eigenvalue weighted by atomic mass is 16.5. The summed E-state index contributed by atoms with van der Waals surface area (Å²) in [7, 11) is 0. The maximum Gasteiger partial charge on any atom is 0.227 e. The Morgan fingerprint density at radius 1 is 1.48 bits per heavy atom. The van der Waals surface area contributed by atoms with Gasteiger partial charge in [0.15, 0.2) is 5.82 Å². The van der Waals surface area contributed by atoms with Crippen molar-refractivity contribution < 1.29 is 10.0 Å². The monoisotopic (exact) mass is 287 g/mol. The molecule has 0 saturated heterocycles. The van der Waals surface area contributed by atoms with Crippen LogP contribution < -0.4 is 4.90 Å². The Morgan fingerprint density at radius 3 is 3.05 bits per heavy atom. The lowest BCUT2D eigenvalue weighted by Crippen LogP contribution is -2.30. The standard InChI is InChI=1S/C12H13N7O2/c1-2-12(20)18(7-11-14-16-17-15-11)9-3-4-10-8(5-9)6-13-19(10)21/h3-6,21H,2,7H2,1H3,(H,14,15,16,17). The van der Waals surface area contributed by atoms with Gasteiger partial charge < -0.3 is 10.1 Å². The highest BCUT2D eigenvalue weighted by Gasteiger charge is 2.17. The molecule has 9 heteroatoms. The van der Waals surface area contributed by atoms with Crippen molar-refractivity contribution in [2.24, 2.45) is 0 Å². The molecule has 0 spiro atoms. The van der Waals surface area contributed by atoms with Crippen molar-refractivity contribution in [2.45, 2.75) is 19.9 Å². The number of hydrogen-bond acceptors (Lipinski definition) is 6. The molecular weight excluding hydrogens is 274 g/mol. The van der Waals surface area contributed by atoms with Crippen molar-refractivity contribution in [3.63, 3.8) is 0 Å². The maximum absolute atomic E-state index is 12.1. The number of carbonyl (C=O) groups excluding carboxylic acids is 1. The Morgan fingerprint density at radius 2 is 2.33 bits per heavy atom. The molecule has 9 nitrogen and oxygen atoms in total. The zero-order chi connectivity index (χ0) is 14.8. The van der Waals surface area contributed by atoms with Crippen LogP contribution in [-0.2, 0) is 11.3 Å². The van der Waals surface area contributed by atoms with E-state index < -0.39 is 0 Å². The number of hydrogen-bond donors (Lipinski definition) is 2. The maximum atomic E-state index is 12.1. The van der Waals surface area contributed by atoms with E-state index in [9.17, 15) is 10.0 Å². The average molecular weight is 287 g/mol. The largest absolute Gasteiger partial charge is 0.411 e. The first-order chi connectivity index (χ1) is 10.2. The molecule has 0 fully saturated rings. The van der Waals surface area contributed by atoms with Gasteiger partial charge in [-0.3, -0.25) is 4.79 Å². The molecule has 3 rings (SSSR count). The van der Waals surface area contributed by atoms with Gasteiger partial charge in [-0.05, 0) is 18.2 Å². The fraction of sp³-hybridized carbons (Fsp3) is 0.250. The van der Waals surface area contributed by atoms with E-state index in [-0.39, 0.29) is 12.5 Å². The zero-order valence-corrected chi connectivity index (χ0v) is 11.3. The van der Waals surface area contributed by atoms with Gasteiger partial charge in [0, 0.05) is 17.5 Å². The molecule has 0 radical (unpaired) electrons. The molecule has 0 aliphatic rings. The number of amides is 1. The first-order valence-electron chi connectivity index (χ1n) is 6.38. The van der Waals surface area contributed by atoms with Crippen LogP contribution in [0, 0.1) is 0 Å². The van der Waals surface area contributed by atoms with Crippen LogP contribution in [0.1, 0.15) is 19.2 Å². The first kappa shape index (κ1) is 13.0. The van der Waals surface area contributed by atoms with E-state index in [4.69, 9.17) is 0 Å². The average Bonchev–Trinajstić information content (AvgIpc) is 3.14. The summed E-state index contributed by atoms with van der Waals surface area (Å²) in [5, 5.41) is 27.6. The minimum Gasteiger partial charge on any atom is -0.411 e. The van der Waals surface area contributed by atoms with Crippen LogP contribution in [-0.4, -0.2) is 41.7 Å². The van der Waals surface area contributed by atoms with E-state index in [1.807, 2.05) is 0 Å². The molecule has 1 amide bonds. The number of fused-ring (bicyclic) bond motifs is 1. The third-order valence-corrected chi connectivity index (χ3v) is 3.14. The molecular formula is C12H13N7O2. The third-order valence-electron chi connectivity index (χ3n) is 3.14. The Bertz CT molecular complexity index is 765. The van der Waals surface area contributed by atoms with Crippen LogP contribution in [0.2, 0.25) is 0 Å². The molecule has 3 aromatic rings. The van der Waals surface area contributed by atoms with Gasteiger partial charge in [-0.2, -0.15) is 5.21 Å². The topological polar surface area (TPSA) is 113 Å². The number of anilines is 1. The Balaban J connectivity index is 1.98. The number of aromatic amines is 1. The van der Waals surface area contributed by atoms with Crippen molar-refractivity contribution in [1.29, 1.82) is 0 Å². The number of benzene rings is 1. The van der Waals surface area contributed by atoms with E-state index in [0.717, 1.165) is 10.2 Å². The molecule has 0 aliphatic carbocycles. The van der Waals surface area contributed by atoms with Gasteiger partial charge in [0.05, 0.1) is 12.7 Å². The molecule has 0 bridgehead atoms. The van der Waals surface area contributed by atoms with Crippen LogP contribution in [0.3, 0.4) is 0 Å². The summed E-state index contributed by atoms with van der Waals surface area (Å²) in [6.45, 7) is 2.01. The van der Waals surface area contributed by atoms with Crippen molar-refractivity contribution in [2.75, 3.05) is 4.90 Å². The predicted molar refractivity (Wildman–Crippen MR) is 72.6 cm³/mol. The molecule has 108 valence electrons. The minimum absolute atomic E-state index is 0.0597. The van der Waals surface area contributed by atoms with E-state index in [1.165, 1.54) is 6.20 Å². The van der Waals surface area contributed by atoms with E-state index in [0.29, 0.717) is 23.4 Å². The highest BCUT2D eigenvalue weighted by Crippen LogP contribution is 2.23. The molecule has 0 aliphatic heterocycles. The summed E-state index contributed by atoms with van der Waals surface area (Å²) < 4.78 is 0. The number of nitrogens with one attached hydrogen (secondary N) is 1. The summed E-state index contributed by atoms with van der Waals surface area (Å²) in [4.78, 5) is 14.5. The van der Waals surface area contributed by atoms with Crippen LogP contribution in [0.4, 0.5) is 5.69 Å². The molecule has 21 heavy (non-hydrogen) atoms. The van der Waals surface area contributed by atoms with E-state index in [2.05, 4.69) is 25.7 Å². The second-order valence-electron chi connectivity index (χ2n) is 4.44. The SMILES string of the molecule is CCC(=O)N(Cc1nn[nH]n1)c1ccc2c(cnn2O)c1. The van der Waals surface area contributed by atoms with Gasteiger partial charge in [0.2, 0.25) is 5.91 Å². The van der Waals surface area contributed by atoms with Crippen molar-refractivity contribution in [3.05, 3.63) is 30.2 Å². The van der Waals surface area contributed by atoms with Gasteiger partial charge in [0.1, 0.15) is 5.52 Å². The number of nitrogens with zero attached hydrogens (tertiary/aromatic N) is 6. The quantitative estimate of drug-likeness (QED) is 0.684. The molecule has 2 aromatic heterocycles. The molecule has 0 unspecified atom stereocenters. The summed E-state index contributed by atoms with van der Waals surface area (Å²) in [5.41, 5.74) is 1.26. The lowest BCUT2D eigenvalue weighted by molar-refractivity contribution is -0.118. The molecule has 0 atom stereocenters. The van der Waals surface area contributed by atoms with Gasteiger partial charge in [0.25, 0.3) is 0 Å². The first-order valence-corrected chi connectivity index (χ1v) is 6.38. The number of carbonyl (C=O) groups is 1. The van der Waals surface area contributed by atoms with Crippen LogP contribution >= 0.6 is 0 Å². The number of H-pyrrole nitrogens is 1. The summed E-state index contributed by atoms with van der Waals surface area (Å²) in [6.07, 6.45) is 1.89. The van der Waals surface area contributed by atoms with Gasteiger partial charge >= 0.3 is 0 Å². The molecule has 2 N–H and O–H groups in total. The van der Waals surface area contributed by atoms with Crippen LogP contribution in [0.15, 0.2) is 24.4 Å². The molecule has 1 aromatic carbocycles. The normalized spacial score (nSPS) is 10.9. The Labute approximate surface area is 119 Å². The fourth-order valence-electron chi connectivity index (χ4n) is 2.08. The highest BCUT2D eigenvalue weighted by molar-refractivity contribution is 5.95. The van der Waals surface area contributed by atoms with Crippen molar-refractivity contribution in [3.8, 4) is 0 Å². The number of rotatable bonds is 4. The summed E-state index contributed by atoms with van der Waals surface area (Å²) in [5.74, 6) is 0.366. The zero-order valence-electron chi connectivity index (χ0n) is 11.3. The van der Waals surface area contributed by atoms with E-state index >= 15 is 0 Å². The lowest BCUT2D eigenvalue weighted by atomic mass is 10.2. The third kappa shape index (κ3) is 2.40. The van der Waals surface area contributed by atoms with Crippen molar-refractivity contribution in [1.82, 2.24) is 30.6 Å². The molecule has 2 heterocycles. The number of aromatic nitrogens is 6. The Kier molecular flexibility index (Phi) is 3.22. The van der Waals surface area contributed by atoms with Gasteiger partial charge in [-0.25, -0.2) is 0 Å². The predicted octanol–water partition coefficient (Wildman–Crippen LogP) is 0.730. The van der Waals surface area contributed by atoms with Crippen LogP contribution in [0.25, 0.3) is 10.9 Å². The van der Waals surface area contributed by atoms with E-state index in [1.54, 1.807) is 30.0 Å². The number of tetrazole rings is 1. The summed E-state index contributed by atoms with van der Waals surface area (Å²) in [6, 6.07) is 5.22. The van der Waals surface area contributed by atoms with Gasteiger partial charge in [-0.1, -0.05) is 12.1 Å². The van der Waals surface area contributed by atoms with Crippen LogP contribution in [0.5, 0.6) is 0 Å². The second kappa shape index (κ2) is 5.19. The summed E-state index contributed by atoms with van der Waals surface area (Å²) >= 11 is 0. The molecule has 0 saturated carbocycles. The van der Waals surface area contributed by atoms with Crippen molar-refractivity contribution >= 4 is 22.5 Å². The Hall–Kier alpha value is -2.97. The smallest absolute Gasteiger partial charge is 0.227 e. The second-order valence-corrected chi connectivity index (χ2v) is 4.44. The minimum atomic E-state index is -0.0597. The lowest BCUT2D eigenvalue weighted by Gasteiger charge is -2.20. The van der Waals surface area contributed by atoms with Gasteiger partial charge in [-0.15, -0.1) is 20.1 Å².